The highest BCUT2D eigenvalue weighted by molar-refractivity contribution is 7.91. The van der Waals surface area contributed by atoms with Crippen molar-refractivity contribution < 1.29 is 13.2 Å². The third-order valence-corrected chi connectivity index (χ3v) is 6.32. The van der Waals surface area contributed by atoms with E-state index in [0.29, 0.717) is 23.3 Å². The van der Waals surface area contributed by atoms with Crippen molar-refractivity contribution in [1.82, 2.24) is 10.0 Å². The Morgan fingerprint density at radius 2 is 2.20 bits per heavy atom. The number of rotatable bonds is 9. The Balaban J connectivity index is 1.90. The molecule has 5 nitrogen and oxygen atoms in total. The molecule has 1 unspecified atom stereocenters. The SMILES string of the molecule is COCCC(C)NS(=O)(=O)c1ccc(CNC2CC2)s1. The Morgan fingerprint density at radius 3 is 2.85 bits per heavy atom. The van der Waals surface area contributed by atoms with Crippen LogP contribution in [0.1, 0.15) is 31.1 Å². The Morgan fingerprint density at radius 1 is 1.45 bits per heavy atom. The van der Waals surface area contributed by atoms with Gasteiger partial charge in [0.05, 0.1) is 0 Å². The molecule has 0 aliphatic heterocycles. The molecule has 0 spiro atoms. The van der Waals surface area contributed by atoms with Gasteiger partial charge in [-0.05, 0) is 38.3 Å². The zero-order valence-corrected chi connectivity index (χ0v) is 13.5. The Hall–Kier alpha value is -0.470. The number of hydrogen-bond acceptors (Lipinski definition) is 5. The maximum absolute atomic E-state index is 12.2. The van der Waals surface area contributed by atoms with Gasteiger partial charge < -0.3 is 10.1 Å². The highest BCUT2D eigenvalue weighted by Crippen LogP contribution is 2.24. The summed E-state index contributed by atoms with van der Waals surface area (Å²) in [6.07, 6.45) is 3.13. The highest BCUT2D eigenvalue weighted by Gasteiger charge is 2.22. The van der Waals surface area contributed by atoms with Gasteiger partial charge in [0.1, 0.15) is 4.21 Å². The Bertz CT molecular complexity index is 523. The molecule has 1 atom stereocenters. The maximum atomic E-state index is 12.2. The van der Waals surface area contributed by atoms with Crippen LogP contribution in [0.4, 0.5) is 0 Å². The second-order valence-electron chi connectivity index (χ2n) is 5.18. The average molecular weight is 318 g/mol. The van der Waals surface area contributed by atoms with Gasteiger partial charge in [0.2, 0.25) is 10.0 Å². The van der Waals surface area contributed by atoms with Crippen molar-refractivity contribution in [2.75, 3.05) is 13.7 Å². The first kappa shape index (κ1) is 15.9. The summed E-state index contributed by atoms with van der Waals surface area (Å²) in [5.74, 6) is 0. The first-order valence-electron chi connectivity index (χ1n) is 6.84. The van der Waals surface area contributed by atoms with Crippen LogP contribution in [0.3, 0.4) is 0 Å². The number of ether oxygens (including phenoxy) is 1. The lowest BCUT2D eigenvalue weighted by Crippen LogP contribution is -2.32. The Kier molecular flexibility index (Phi) is 5.57. The van der Waals surface area contributed by atoms with Crippen LogP contribution in [0, 0.1) is 0 Å². The normalized spacial score (nSPS) is 17.3. The first-order chi connectivity index (χ1) is 9.51. The van der Waals surface area contributed by atoms with E-state index in [1.165, 1.54) is 24.2 Å². The van der Waals surface area contributed by atoms with Crippen molar-refractivity contribution in [3.8, 4) is 0 Å². The van der Waals surface area contributed by atoms with Gasteiger partial charge in [-0.1, -0.05) is 0 Å². The molecule has 1 aromatic heterocycles. The van der Waals surface area contributed by atoms with Crippen LogP contribution in [0.5, 0.6) is 0 Å². The standard InChI is InChI=1S/C13H22N2O3S2/c1-10(7-8-18-2)15-20(16,17)13-6-5-12(19-13)9-14-11-3-4-11/h5-6,10-11,14-15H,3-4,7-9H2,1-2H3. The monoisotopic (exact) mass is 318 g/mol. The summed E-state index contributed by atoms with van der Waals surface area (Å²) in [6.45, 7) is 3.15. The van der Waals surface area contributed by atoms with Gasteiger partial charge >= 0.3 is 0 Å². The highest BCUT2D eigenvalue weighted by atomic mass is 32.2. The first-order valence-corrected chi connectivity index (χ1v) is 9.14. The lowest BCUT2D eigenvalue weighted by atomic mass is 10.3. The molecule has 0 saturated heterocycles. The van der Waals surface area contributed by atoms with Gasteiger partial charge in [-0.15, -0.1) is 11.3 Å². The molecule has 0 radical (unpaired) electrons. The van der Waals surface area contributed by atoms with Gasteiger partial charge in [0.15, 0.2) is 0 Å². The van der Waals surface area contributed by atoms with Crippen LogP contribution in [-0.4, -0.2) is 34.2 Å². The van der Waals surface area contributed by atoms with E-state index in [9.17, 15) is 8.42 Å². The zero-order valence-electron chi connectivity index (χ0n) is 11.9. The molecule has 114 valence electrons. The molecule has 1 aliphatic carbocycles. The molecule has 0 bridgehead atoms. The molecule has 1 aromatic rings. The summed E-state index contributed by atoms with van der Waals surface area (Å²) in [6, 6.07) is 4.06. The van der Waals surface area contributed by atoms with Crippen LogP contribution >= 0.6 is 11.3 Å². The fraction of sp³-hybridized carbons (Fsp3) is 0.692. The largest absolute Gasteiger partial charge is 0.385 e. The Labute approximate surface area is 124 Å². The van der Waals surface area contributed by atoms with E-state index in [0.717, 1.165) is 11.4 Å². The zero-order chi connectivity index (χ0) is 14.6. The fourth-order valence-electron chi connectivity index (χ4n) is 1.81. The topological polar surface area (TPSA) is 67.4 Å². The molecule has 20 heavy (non-hydrogen) atoms. The van der Waals surface area contributed by atoms with Gasteiger partial charge in [-0.2, -0.15) is 0 Å². The van der Waals surface area contributed by atoms with Gasteiger partial charge in [0, 0.05) is 37.2 Å². The maximum Gasteiger partial charge on any atom is 0.250 e. The van der Waals surface area contributed by atoms with E-state index < -0.39 is 10.0 Å². The van der Waals surface area contributed by atoms with Crippen molar-refractivity contribution in [2.45, 2.75) is 49.0 Å². The van der Waals surface area contributed by atoms with Gasteiger partial charge in [-0.25, -0.2) is 13.1 Å². The molecule has 2 N–H and O–H groups in total. The van der Waals surface area contributed by atoms with E-state index in [4.69, 9.17) is 4.74 Å². The van der Waals surface area contributed by atoms with Crippen LogP contribution < -0.4 is 10.0 Å². The van der Waals surface area contributed by atoms with Crippen molar-refractivity contribution >= 4 is 21.4 Å². The molecular formula is C13H22N2O3S2. The van der Waals surface area contributed by atoms with E-state index in [1.54, 1.807) is 13.2 Å². The van der Waals surface area contributed by atoms with Crippen LogP contribution in [0.15, 0.2) is 16.3 Å². The second-order valence-corrected chi connectivity index (χ2v) is 8.29. The van der Waals surface area contributed by atoms with Crippen molar-refractivity contribution in [3.63, 3.8) is 0 Å². The number of methoxy groups -OCH3 is 1. The predicted molar refractivity (Wildman–Crippen MR) is 80.5 cm³/mol. The minimum Gasteiger partial charge on any atom is -0.385 e. The molecule has 1 heterocycles. The molecule has 2 rings (SSSR count). The number of hydrogen-bond donors (Lipinski definition) is 2. The average Bonchev–Trinajstić information content (AvgIpc) is 3.09. The molecule has 7 heteroatoms. The smallest absolute Gasteiger partial charge is 0.250 e. The van der Waals surface area contributed by atoms with Gasteiger partial charge in [-0.3, -0.25) is 0 Å². The van der Waals surface area contributed by atoms with E-state index in [-0.39, 0.29) is 6.04 Å². The number of sulfonamides is 1. The van der Waals surface area contributed by atoms with E-state index >= 15 is 0 Å². The summed E-state index contributed by atoms with van der Waals surface area (Å²) in [4.78, 5) is 1.06. The lowest BCUT2D eigenvalue weighted by molar-refractivity contribution is 0.188. The summed E-state index contributed by atoms with van der Waals surface area (Å²) >= 11 is 1.33. The predicted octanol–water partition coefficient (Wildman–Crippen LogP) is 1.70. The second kappa shape index (κ2) is 7.00. The third-order valence-electron chi connectivity index (χ3n) is 3.16. The number of nitrogens with one attached hydrogen (secondary N) is 2. The van der Waals surface area contributed by atoms with Crippen LogP contribution in [0.2, 0.25) is 0 Å². The minimum atomic E-state index is -3.41. The molecule has 0 amide bonds. The summed E-state index contributed by atoms with van der Waals surface area (Å²) in [5, 5.41) is 3.38. The number of thiophene rings is 1. The van der Waals surface area contributed by atoms with E-state index in [2.05, 4.69) is 10.0 Å². The summed E-state index contributed by atoms with van der Waals surface area (Å²) in [5.41, 5.74) is 0. The van der Waals surface area contributed by atoms with Crippen molar-refractivity contribution in [2.24, 2.45) is 0 Å². The summed E-state index contributed by atoms with van der Waals surface area (Å²) in [7, 11) is -1.80. The summed E-state index contributed by atoms with van der Waals surface area (Å²) < 4.78 is 32.4. The van der Waals surface area contributed by atoms with Gasteiger partial charge in [0.25, 0.3) is 0 Å². The molecule has 0 aromatic carbocycles. The fourth-order valence-corrected chi connectivity index (χ4v) is 4.41. The molecule has 1 saturated carbocycles. The van der Waals surface area contributed by atoms with Crippen LogP contribution in [0.25, 0.3) is 0 Å². The minimum absolute atomic E-state index is 0.130. The van der Waals surface area contributed by atoms with Crippen LogP contribution in [-0.2, 0) is 21.3 Å². The van der Waals surface area contributed by atoms with Crippen molar-refractivity contribution in [3.05, 3.63) is 17.0 Å². The van der Waals surface area contributed by atoms with Crippen molar-refractivity contribution in [1.29, 1.82) is 0 Å². The quantitative estimate of drug-likeness (QED) is 0.727. The molecule has 1 aliphatic rings. The molecular weight excluding hydrogens is 296 g/mol. The van der Waals surface area contributed by atoms with E-state index in [1.807, 2.05) is 13.0 Å². The lowest BCUT2D eigenvalue weighted by Gasteiger charge is -2.12. The third kappa shape index (κ3) is 4.82. The molecule has 1 fully saturated rings.